The van der Waals surface area contributed by atoms with Gasteiger partial charge in [-0.2, -0.15) is 0 Å². The summed E-state index contributed by atoms with van der Waals surface area (Å²) in [5, 5.41) is 3.91. The minimum absolute atomic E-state index is 0.00486. The number of carbonyl (C=O) groups is 2. The summed E-state index contributed by atoms with van der Waals surface area (Å²) in [7, 11) is 4.02. The minimum atomic E-state index is 0.00486. The number of hydrogen-bond acceptors (Lipinski definition) is 5. The lowest BCUT2D eigenvalue weighted by Gasteiger charge is -2.39. The molecule has 1 spiro atoms. The second-order valence-corrected chi connectivity index (χ2v) is 9.32. The fourth-order valence-electron chi connectivity index (χ4n) is 4.82. The van der Waals surface area contributed by atoms with E-state index < -0.39 is 0 Å². The van der Waals surface area contributed by atoms with Crippen molar-refractivity contribution in [2.24, 2.45) is 5.41 Å². The lowest BCUT2D eigenvalue weighted by molar-refractivity contribution is -0.125. The number of aryl methyl sites for hydroxylation is 2. The van der Waals surface area contributed by atoms with Gasteiger partial charge in [0.1, 0.15) is 11.3 Å². The lowest BCUT2D eigenvalue weighted by Crippen LogP contribution is -2.44. The molecule has 1 aromatic heterocycles. The molecular weight excluding hydrogens is 404 g/mol. The maximum absolute atomic E-state index is 12.9. The first-order chi connectivity index (χ1) is 15.3. The summed E-state index contributed by atoms with van der Waals surface area (Å²) in [5.74, 6) is 0.645. The van der Waals surface area contributed by atoms with Crippen LogP contribution in [0.25, 0.3) is 6.08 Å². The van der Waals surface area contributed by atoms with Gasteiger partial charge in [-0.05, 0) is 62.3 Å². The molecule has 2 amide bonds. The van der Waals surface area contributed by atoms with Gasteiger partial charge in [0.05, 0.1) is 5.69 Å². The fraction of sp³-hybridized carbons (Fsp3) is 0.480. The number of hydrogen-bond donors (Lipinski definition) is 0. The van der Waals surface area contributed by atoms with Gasteiger partial charge in [-0.3, -0.25) is 9.59 Å². The predicted molar refractivity (Wildman–Crippen MR) is 125 cm³/mol. The van der Waals surface area contributed by atoms with Crippen LogP contribution in [0.1, 0.15) is 46.6 Å². The standard InChI is InChI=1S/C25H32N4O3/c1-18-23(19(2)32-26-18)24(31)28-14-11-25(12-15-28)13-16-29(17-25)22(30)10-7-20-5-8-21(9-6-20)27(3)4/h5-10H,11-17H2,1-4H3. The number of amides is 2. The molecule has 4 rings (SSSR count). The van der Waals surface area contributed by atoms with E-state index in [4.69, 9.17) is 4.52 Å². The number of nitrogens with zero attached hydrogens (tertiary/aromatic N) is 4. The Kier molecular flexibility index (Phi) is 6.09. The van der Waals surface area contributed by atoms with E-state index in [9.17, 15) is 9.59 Å². The van der Waals surface area contributed by atoms with Crippen molar-refractivity contribution in [2.75, 3.05) is 45.2 Å². The zero-order valence-corrected chi connectivity index (χ0v) is 19.4. The largest absolute Gasteiger partial charge is 0.378 e. The van der Waals surface area contributed by atoms with Crippen LogP contribution in [-0.4, -0.2) is 67.0 Å². The molecule has 0 atom stereocenters. The normalized spacial score (nSPS) is 18.0. The molecule has 2 fully saturated rings. The number of aromatic nitrogens is 1. The smallest absolute Gasteiger partial charge is 0.259 e. The SMILES string of the molecule is Cc1noc(C)c1C(=O)N1CCC2(CCN(C(=O)C=Cc3ccc(N(C)C)cc3)C2)CC1. The van der Waals surface area contributed by atoms with Gasteiger partial charge in [0, 0.05) is 52.0 Å². The van der Waals surface area contributed by atoms with Crippen LogP contribution in [0.5, 0.6) is 0 Å². The third-order valence-corrected chi connectivity index (χ3v) is 6.94. The lowest BCUT2D eigenvalue weighted by atomic mass is 9.77. The molecule has 2 aliphatic rings. The molecular formula is C25H32N4O3. The van der Waals surface area contributed by atoms with E-state index in [0.29, 0.717) is 30.1 Å². The Bertz CT molecular complexity index is 995. The summed E-state index contributed by atoms with van der Waals surface area (Å²) >= 11 is 0. The van der Waals surface area contributed by atoms with E-state index >= 15 is 0 Å². The highest BCUT2D eigenvalue weighted by molar-refractivity contribution is 5.96. The van der Waals surface area contributed by atoms with E-state index in [0.717, 1.165) is 43.6 Å². The van der Waals surface area contributed by atoms with Crippen LogP contribution in [0.2, 0.25) is 0 Å². The van der Waals surface area contributed by atoms with Crippen molar-refractivity contribution in [1.82, 2.24) is 15.0 Å². The van der Waals surface area contributed by atoms with Gasteiger partial charge in [0.15, 0.2) is 0 Å². The Morgan fingerprint density at radius 3 is 2.22 bits per heavy atom. The van der Waals surface area contributed by atoms with E-state index in [2.05, 4.69) is 10.1 Å². The number of piperidine rings is 1. The van der Waals surface area contributed by atoms with Crippen LogP contribution in [0.15, 0.2) is 34.9 Å². The van der Waals surface area contributed by atoms with Crippen LogP contribution < -0.4 is 4.90 Å². The average molecular weight is 437 g/mol. The maximum Gasteiger partial charge on any atom is 0.259 e. The van der Waals surface area contributed by atoms with Crippen LogP contribution in [0.4, 0.5) is 5.69 Å². The Labute approximate surface area is 189 Å². The van der Waals surface area contributed by atoms with Gasteiger partial charge in [-0.15, -0.1) is 0 Å². The highest BCUT2D eigenvalue weighted by Gasteiger charge is 2.42. The molecule has 0 radical (unpaired) electrons. The average Bonchev–Trinajstić information content (AvgIpc) is 3.35. The van der Waals surface area contributed by atoms with E-state index in [1.807, 2.05) is 54.2 Å². The van der Waals surface area contributed by atoms with Crippen molar-refractivity contribution in [3.8, 4) is 0 Å². The van der Waals surface area contributed by atoms with Gasteiger partial charge in [0.2, 0.25) is 5.91 Å². The first-order valence-electron chi connectivity index (χ1n) is 11.2. The highest BCUT2D eigenvalue weighted by Crippen LogP contribution is 2.41. The van der Waals surface area contributed by atoms with Gasteiger partial charge in [-0.1, -0.05) is 17.3 Å². The summed E-state index contributed by atoms with van der Waals surface area (Å²) < 4.78 is 5.16. The van der Waals surface area contributed by atoms with E-state index in [1.165, 1.54) is 0 Å². The Morgan fingerprint density at radius 1 is 1.03 bits per heavy atom. The number of likely N-dealkylation sites (tertiary alicyclic amines) is 2. The topological polar surface area (TPSA) is 69.9 Å². The highest BCUT2D eigenvalue weighted by atomic mass is 16.5. The first-order valence-corrected chi connectivity index (χ1v) is 11.2. The van der Waals surface area contributed by atoms with Crippen molar-refractivity contribution < 1.29 is 14.1 Å². The molecule has 0 bridgehead atoms. The van der Waals surface area contributed by atoms with Crippen LogP contribution in [0.3, 0.4) is 0 Å². The van der Waals surface area contributed by atoms with Crippen molar-refractivity contribution in [3.05, 3.63) is 52.9 Å². The van der Waals surface area contributed by atoms with Crippen molar-refractivity contribution in [3.63, 3.8) is 0 Å². The molecule has 0 N–H and O–H groups in total. The molecule has 0 aliphatic carbocycles. The van der Waals surface area contributed by atoms with Crippen LogP contribution in [0, 0.1) is 19.3 Å². The molecule has 2 aliphatic heterocycles. The number of carbonyl (C=O) groups excluding carboxylic acids is 2. The molecule has 2 aromatic rings. The van der Waals surface area contributed by atoms with Crippen molar-refractivity contribution in [2.45, 2.75) is 33.1 Å². The third kappa shape index (κ3) is 4.42. The second kappa shape index (κ2) is 8.81. The molecule has 7 heteroatoms. The summed E-state index contributed by atoms with van der Waals surface area (Å²) in [6, 6.07) is 8.14. The second-order valence-electron chi connectivity index (χ2n) is 9.32. The van der Waals surface area contributed by atoms with E-state index in [1.54, 1.807) is 19.9 Å². The Hall–Kier alpha value is -3.09. The summed E-state index contributed by atoms with van der Waals surface area (Å²) in [6.45, 7) is 6.55. The molecule has 32 heavy (non-hydrogen) atoms. The molecule has 0 saturated carbocycles. The summed E-state index contributed by atoms with van der Waals surface area (Å²) in [6.07, 6.45) is 6.40. The molecule has 7 nitrogen and oxygen atoms in total. The van der Waals surface area contributed by atoms with Crippen LogP contribution in [-0.2, 0) is 4.79 Å². The number of anilines is 1. The van der Waals surface area contributed by atoms with Crippen molar-refractivity contribution >= 4 is 23.6 Å². The molecule has 2 saturated heterocycles. The maximum atomic E-state index is 12.9. The zero-order chi connectivity index (χ0) is 22.9. The summed E-state index contributed by atoms with van der Waals surface area (Å²) in [4.78, 5) is 31.6. The fourth-order valence-corrected chi connectivity index (χ4v) is 4.82. The number of benzene rings is 1. The molecule has 1 aromatic carbocycles. The molecule has 3 heterocycles. The van der Waals surface area contributed by atoms with Gasteiger partial charge < -0.3 is 19.2 Å². The number of rotatable bonds is 4. The third-order valence-electron chi connectivity index (χ3n) is 6.94. The van der Waals surface area contributed by atoms with Gasteiger partial charge in [0.25, 0.3) is 5.91 Å². The molecule has 0 unspecified atom stereocenters. The predicted octanol–water partition coefficient (Wildman–Crippen LogP) is 3.53. The van der Waals surface area contributed by atoms with E-state index in [-0.39, 0.29) is 17.2 Å². The monoisotopic (exact) mass is 436 g/mol. The van der Waals surface area contributed by atoms with Gasteiger partial charge in [-0.25, -0.2) is 0 Å². The zero-order valence-electron chi connectivity index (χ0n) is 19.4. The Morgan fingerprint density at radius 2 is 1.66 bits per heavy atom. The summed E-state index contributed by atoms with van der Waals surface area (Å²) in [5.41, 5.74) is 3.51. The minimum Gasteiger partial charge on any atom is -0.378 e. The van der Waals surface area contributed by atoms with Crippen LogP contribution >= 0.6 is 0 Å². The quantitative estimate of drug-likeness (QED) is 0.686. The first kappa shape index (κ1) is 22.1. The van der Waals surface area contributed by atoms with Crippen molar-refractivity contribution in [1.29, 1.82) is 0 Å². The molecule has 170 valence electrons. The Balaban J connectivity index is 1.32. The van der Waals surface area contributed by atoms with Gasteiger partial charge >= 0.3 is 0 Å².